The molecule has 5 nitrogen and oxygen atoms in total. The Morgan fingerprint density at radius 3 is 2.40 bits per heavy atom. The first kappa shape index (κ1) is 34.9. The zero-order valence-electron chi connectivity index (χ0n) is 32.3. The minimum absolute atomic E-state index is 0.228. The van der Waals surface area contributed by atoms with E-state index in [1.807, 2.05) is 17.5 Å². The SMILES string of the molecule is C1=CC2c3c(ccc4c(-c5ccccc5)c(-c5ccccc5)sc34)N(C3=CC=C(C4=NC(C5CCNCC5)=NC(C5C=CC(C6C=C[N-]C6)=CC5)C4)CC3)C2C=C1. The first-order valence-electron chi connectivity index (χ1n) is 21.1. The second-order valence-corrected chi connectivity index (χ2v) is 17.6. The molecule has 5 atom stereocenters. The number of aliphatic imine (C=N–C) groups is 2. The summed E-state index contributed by atoms with van der Waals surface area (Å²) in [5.74, 6) is 2.67. The lowest BCUT2D eigenvalue weighted by atomic mass is 9.82. The van der Waals surface area contributed by atoms with Crippen molar-refractivity contribution in [2.24, 2.45) is 27.7 Å². The lowest BCUT2D eigenvalue weighted by molar-refractivity contribution is 0.444. The molecule has 0 bridgehead atoms. The topological polar surface area (TPSA) is 54.1 Å². The van der Waals surface area contributed by atoms with Crippen molar-refractivity contribution in [1.29, 1.82) is 0 Å². The van der Waals surface area contributed by atoms with Gasteiger partial charge in [0.1, 0.15) is 5.84 Å². The molecule has 0 radical (unpaired) electrons. The van der Waals surface area contributed by atoms with Crippen molar-refractivity contribution < 1.29 is 0 Å². The molecule has 11 rings (SSSR count). The highest BCUT2D eigenvalue weighted by atomic mass is 32.1. The Labute approximate surface area is 340 Å². The lowest BCUT2D eigenvalue weighted by Gasteiger charge is -2.34. The van der Waals surface area contributed by atoms with Crippen molar-refractivity contribution in [2.75, 3.05) is 24.5 Å². The Balaban J connectivity index is 0.936. The molecule has 5 heterocycles. The Morgan fingerprint density at radius 2 is 1.65 bits per heavy atom. The van der Waals surface area contributed by atoms with Gasteiger partial charge in [0, 0.05) is 67.4 Å². The molecule has 3 aliphatic carbocycles. The minimum atomic E-state index is 0.228. The van der Waals surface area contributed by atoms with Crippen LogP contribution >= 0.6 is 11.3 Å². The number of hydrogen-bond acceptors (Lipinski definition) is 5. The molecular formula is C51H48N5S-. The van der Waals surface area contributed by atoms with Crippen LogP contribution in [0.5, 0.6) is 0 Å². The predicted molar refractivity (Wildman–Crippen MR) is 240 cm³/mol. The predicted octanol–water partition coefficient (Wildman–Crippen LogP) is 11.9. The highest BCUT2D eigenvalue weighted by Gasteiger charge is 2.41. The highest BCUT2D eigenvalue weighted by Crippen LogP contribution is 2.55. The molecule has 1 N–H and O–H groups in total. The largest absolute Gasteiger partial charge is 0.690 e. The number of allylic oxidation sites excluding steroid dienone is 8. The molecule has 1 saturated heterocycles. The molecule has 5 unspecified atom stereocenters. The van der Waals surface area contributed by atoms with Gasteiger partial charge in [-0.3, -0.25) is 4.99 Å². The van der Waals surface area contributed by atoms with Gasteiger partial charge in [-0.15, -0.1) is 24.0 Å². The number of thiophene rings is 1. The van der Waals surface area contributed by atoms with Crippen LogP contribution in [0.1, 0.15) is 50.0 Å². The van der Waals surface area contributed by atoms with Crippen molar-refractivity contribution in [1.82, 2.24) is 5.32 Å². The maximum absolute atomic E-state index is 5.44. The second kappa shape index (κ2) is 14.9. The first-order valence-corrected chi connectivity index (χ1v) is 21.9. The van der Waals surface area contributed by atoms with E-state index in [9.17, 15) is 0 Å². The van der Waals surface area contributed by atoms with Crippen molar-refractivity contribution in [3.8, 4) is 21.6 Å². The smallest absolute Gasteiger partial charge is 0.127 e. The van der Waals surface area contributed by atoms with Crippen LogP contribution in [-0.2, 0) is 0 Å². The molecule has 57 heavy (non-hydrogen) atoms. The van der Waals surface area contributed by atoms with E-state index in [1.165, 1.54) is 65.5 Å². The maximum Gasteiger partial charge on any atom is 0.127 e. The monoisotopic (exact) mass is 762 g/mol. The van der Waals surface area contributed by atoms with Crippen molar-refractivity contribution in [3.63, 3.8) is 0 Å². The quantitative estimate of drug-likeness (QED) is 0.204. The van der Waals surface area contributed by atoms with Crippen molar-refractivity contribution in [3.05, 3.63) is 167 Å². The molecule has 0 amide bonds. The fourth-order valence-electron chi connectivity index (χ4n) is 10.3. The van der Waals surface area contributed by atoms with Crippen LogP contribution in [0.3, 0.4) is 0 Å². The molecule has 7 aliphatic rings. The van der Waals surface area contributed by atoms with Crippen LogP contribution in [0.2, 0.25) is 0 Å². The van der Waals surface area contributed by atoms with E-state index in [0.29, 0.717) is 23.7 Å². The minimum Gasteiger partial charge on any atom is -0.690 e. The van der Waals surface area contributed by atoms with Gasteiger partial charge in [0.2, 0.25) is 0 Å². The van der Waals surface area contributed by atoms with Gasteiger partial charge in [-0.05, 0) is 85.5 Å². The third-order valence-corrected chi connectivity index (χ3v) is 14.5. The number of anilines is 1. The Kier molecular flexibility index (Phi) is 9.12. The number of benzene rings is 3. The average Bonchev–Trinajstić information content (AvgIpc) is 4.05. The van der Waals surface area contributed by atoms with E-state index in [1.54, 1.807) is 0 Å². The second-order valence-electron chi connectivity index (χ2n) is 16.5. The zero-order valence-corrected chi connectivity index (χ0v) is 33.1. The average molecular weight is 763 g/mol. The van der Waals surface area contributed by atoms with E-state index < -0.39 is 0 Å². The van der Waals surface area contributed by atoms with Crippen molar-refractivity contribution in [2.45, 2.75) is 56.5 Å². The molecular weight excluding hydrogens is 715 g/mol. The van der Waals surface area contributed by atoms with E-state index in [0.717, 1.165) is 64.0 Å². The summed E-state index contributed by atoms with van der Waals surface area (Å²) in [5, 5.41) is 9.36. The van der Waals surface area contributed by atoms with Gasteiger partial charge in [0.05, 0.1) is 12.1 Å². The Hall–Kier alpha value is -5.30. The number of piperidine rings is 1. The highest BCUT2D eigenvalue weighted by molar-refractivity contribution is 7.23. The molecule has 6 heteroatoms. The molecule has 0 saturated carbocycles. The summed E-state index contributed by atoms with van der Waals surface area (Å²) >= 11 is 1.97. The van der Waals surface area contributed by atoms with Gasteiger partial charge in [-0.2, -0.15) is 6.20 Å². The van der Waals surface area contributed by atoms with Gasteiger partial charge in [-0.25, -0.2) is 4.99 Å². The summed E-state index contributed by atoms with van der Waals surface area (Å²) in [4.78, 5) is 14.9. The molecule has 4 aliphatic heterocycles. The fraction of sp³-hybridized carbons (Fsp3) is 0.294. The molecule has 3 aromatic carbocycles. The third-order valence-electron chi connectivity index (χ3n) is 13.2. The number of fused-ring (bicyclic) bond motifs is 5. The first-order chi connectivity index (χ1) is 28.3. The number of amidine groups is 1. The molecule has 1 fully saturated rings. The van der Waals surface area contributed by atoms with Crippen LogP contribution in [0.4, 0.5) is 5.69 Å². The standard InChI is InChI=1S/C51H48N5S/c1-3-9-36(10-4-1)47-42-23-24-46-48(50(42)57-49(47)37-11-5-2-6-12-37)41-13-7-8-14-45(41)56(46)40-21-19-35(20-22-40)44-31-43(54-51(55-44)38-25-28-52-29-26-38)34-17-15-33(16-18-34)39-27-30-53-32-39/h1-17,19,21,23-24,27,30,34,38-39,41,43,45,52H,18,20,22,25-26,28-29,31-32H2/q-1. The molecule has 0 spiro atoms. The third kappa shape index (κ3) is 6.34. The van der Waals surface area contributed by atoms with Crippen LogP contribution in [-0.4, -0.2) is 43.3 Å². The normalized spacial score (nSPS) is 26.7. The van der Waals surface area contributed by atoms with E-state index >= 15 is 0 Å². The van der Waals surface area contributed by atoms with Gasteiger partial charge in [-0.1, -0.05) is 115 Å². The maximum atomic E-state index is 5.44. The van der Waals surface area contributed by atoms with Crippen LogP contribution in [0, 0.1) is 17.8 Å². The Bertz CT molecular complexity index is 2490. The summed E-state index contributed by atoms with van der Waals surface area (Å²) in [7, 11) is 0. The van der Waals surface area contributed by atoms with E-state index in [2.05, 4.69) is 149 Å². The lowest BCUT2D eigenvalue weighted by Crippen LogP contribution is -2.36. The number of rotatable bonds is 7. The molecule has 1 aromatic heterocycles. The summed E-state index contributed by atoms with van der Waals surface area (Å²) in [6.07, 6.45) is 31.8. The van der Waals surface area contributed by atoms with Crippen LogP contribution in [0.25, 0.3) is 37.0 Å². The fourth-order valence-corrected chi connectivity index (χ4v) is 11.7. The van der Waals surface area contributed by atoms with Crippen LogP contribution in [0.15, 0.2) is 167 Å². The summed E-state index contributed by atoms with van der Waals surface area (Å²) in [5.41, 5.74) is 12.2. The van der Waals surface area contributed by atoms with Crippen LogP contribution < -0.4 is 10.2 Å². The summed E-state index contributed by atoms with van der Waals surface area (Å²) in [6, 6.07) is 27.2. The van der Waals surface area contributed by atoms with E-state index in [-0.39, 0.29) is 12.1 Å². The van der Waals surface area contributed by atoms with Gasteiger partial charge < -0.3 is 15.5 Å². The van der Waals surface area contributed by atoms with Crippen molar-refractivity contribution >= 4 is 38.7 Å². The number of nitrogens with one attached hydrogen (secondary N) is 1. The summed E-state index contributed by atoms with van der Waals surface area (Å²) < 4.78 is 1.41. The molecule has 284 valence electrons. The zero-order chi connectivity index (χ0) is 37.7. The van der Waals surface area contributed by atoms with E-state index in [4.69, 9.17) is 9.98 Å². The number of nitrogens with zero attached hydrogens (tertiary/aromatic N) is 4. The van der Waals surface area contributed by atoms with Gasteiger partial charge in [0.25, 0.3) is 0 Å². The van der Waals surface area contributed by atoms with Gasteiger partial charge in [0.15, 0.2) is 0 Å². The Morgan fingerprint density at radius 1 is 0.825 bits per heavy atom. The molecule has 4 aromatic rings. The summed E-state index contributed by atoms with van der Waals surface area (Å²) in [6.45, 7) is 2.97. The number of hydrogen-bond donors (Lipinski definition) is 1. The van der Waals surface area contributed by atoms with Gasteiger partial charge >= 0.3 is 0 Å².